The van der Waals surface area contributed by atoms with Crippen LogP contribution >= 0.6 is 23.2 Å². The lowest BCUT2D eigenvalue weighted by Gasteiger charge is -2.25. The van der Waals surface area contributed by atoms with E-state index >= 15 is 0 Å². The van der Waals surface area contributed by atoms with Crippen LogP contribution in [0, 0.1) is 0 Å². The molecule has 0 aromatic heterocycles. The molecule has 0 bridgehead atoms. The number of benzene rings is 2. The molecule has 10 heteroatoms. The fourth-order valence-corrected chi connectivity index (χ4v) is 4.02. The Kier molecular flexibility index (Phi) is 7.62. The van der Waals surface area contributed by atoms with Gasteiger partial charge in [0, 0.05) is 23.6 Å². The molecule has 158 valence electrons. The topological polar surface area (TPSA) is 76.2 Å². The van der Waals surface area contributed by atoms with Crippen LogP contribution in [0.5, 0.6) is 11.5 Å². The van der Waals surface area contributed by atoms with Crippen LogP contribution in [0.3, 0.4) is 0 Å². The Hall–Kier alpha value is -2.16. The van der Waals surface area contributed by atoms with Gasteiger partial charge in [0.05, 0.1) is 26.2 Å². The van der Waals surface area contributed by atoms with Gasteiger partial charge in [0.25, 0.3) is 0 Å². The first-order valence-corrected chi connectivity index (χ1v) is 11.0. The molecule has 0 N–H and O–H groups in total. The maximum Gasteiger partial charge on any atom is 0.243 e. The van der Waals surface area contributed by atoms with E-state index in [9.17, 15) is 13.2 Å². The molecule has 0 aliphatic heterocycles. The molecule has 0 aliphatic rings. The van der Waals surface area contributed by atoms with Gasteiger partial charge in [-0.2, -0.15) is 0 Å². The number of amides is 1. The molecule has 0 atom stereocenters. The summed E-state index contributed by atoms with van der Waals surface area (Å²) in [5, 5.41) is 0.541. The van der Waals surface area contributed by atoms with Crippen molar-refractivity contribution in [3.8, 4) is 11.5 Å². The van der Waals surface area contributed by atoms with Crippen molar-refractivity contribution in [1.82, 2.24) is 4.90 Å². The molecule has 2 aromatic rings. The largest absolute Gasteiger partial charge is 0.493 e. The van der Waals surface area contributed by atoms with Crippen molar-refractivity contribution in [2.24, 2.45) is 0 Å². The second-order valence-corrected chi connectivity index (χ2v) is 9.12. The van der Waals surface area contributed by atoms with Gasteiger partial charge in [-0.3, -0.25) is 9.10 Å². The van der Waals surface area contributed by atoms with Crippen molar-refractivity contribution >= 4 is 44.8 Å². The summed E-state index contributed by atoms with van der Waals surface area (Å²) in [5.41, 5.74) is 1.02. The molecule has 0 aliphatic carbocycles. The van der Waals surface area contributed by atoms with E-state index in [1.165, 1.54) is 37.3 Å². The average molecular weight is 461 g/mol. The predicted molar refractivity (Wildman–Crippen MR) is 115 cm³/mol. The molecule has 0 saturated carbocycles. The minimum Gasteiger partial charge on any atom is -0.493 e. The summed E-state index contributed by atoms with van der Waals surface area (Å²) < 4.78 is 36.0. The van der Waals surface area contributed by atoms with E-state index in [0.29, 0.717) is 11.5 Å². The minimum atomic E-state index is -3.74. The van der Waals surface area contributed by atoms with Crippen molar-refractivity contribution < 1.29 is 22.7 Å². The lowest BCUT2D eigenvalue weighted by Crippen LogP contribution is -2.41. The van der Waals surface area contributed by atoms with Gasteiger partial charge in [0.15, 0.2) is 11.5 Å². The number of hydrogen-bond acceptors (Lipinski definition) is 5. The van der Waals surface area contributed by atoms with Crippen LogP contribution in [-0.2, 0) is 21.4 Å². The molecule has 1 amide bonds. The smallest absolute Gasteiger partial charge is 0.243 e. The molecule has 2 aromatic carbocycles. The van der Waals surface area contributed by atoms with Gasteiger partial charge in [0.1, 0.15) is 6.54 Å². The number of anilines is 1. The third-order valence-electron chi connectivity index (χ3n) is 4.11. The third-order valence-corrected chi connectivity index (χ3v) is 5.68. The van der Waals surface area contributed by atoms with E-state index in [1.807, 2.05) is 0 Å². The SMILES string of the molecule is COc1ccc(CN(C)C(=O)CN(c2cc(Cl)cc(Cl)c2)S(C)(=O)=O)cc1OC. The highest BCUT2D eigenvalue weighted by molar-refractivity contribution is 7.92. The lowest BCUT2D eigenvalue weighted by atomic mass is 10.2. The van der Waals surface area contributed by atoms with Crippen LogP contribution in [0.25, 0.3) is 0 Å². The highest BCUT2D eigenvalue weighted by Gasteiger charge is 2.23. The predicted octanol–water partition coefficient (Wildman–Crippen LogP) is 3.44. The number of carbonyl (C=O) groups excluding carboxylic acids is 1. The van der Waals surface area contributed by atoms with Crippen LogP contribution < -0.4 is 13.8 Å². The van der Waals surface area contributed by atoms with Gasteiger partial charge in [-0.05, 0) is 35.9 Å². The lowest BCUT2D eigenvalue weighted by molar-refractivity contribution is -0.128. The van der Waals surface area contributed by atoms with Gasteiger partial charge < -0.3 is 14.4 Å². The van der Waals surface area contributed by atoms with Crippen LogP contribution in [0.2, 0.25) is 10.0 Å². The normalized spacial score (nSPS) is 11.1. The molecule has 29 heavy (non-hydrogen) atoms. The zero-order valence-electron chi connectivity index (χ0n) is 16.5. The molecular formula is C19H22Cl2N2O5S. The summed E-state index contributed by atoms with van der Waals surface area (Å²) in [7, 11) is 0.908. The number of nitrogens with zero attached hydrogens (tertiary/aromatic N) is 2. The van der Waals surface area contributed by atoms with Crippen molar-refractivity contribution in [2.45, 2.75) is 6.54 Å². The van der Waals surface area contributed by atoms with Crippen molar-refractivity contribution in [3.05, 3.63) is 52.0 Å². The first kappa shape index (κ1) is 23.1. The number of hydrogen-bond donors (Lipinski definition) is 0. The number of carbonyl (C=O) groups is 1. The highest BCUT2D eigenvalue weighted by Crippen LogP contribution is 2.29. The first-order valence-electron chi connectivity index (χ1n) is 8.44. The summed E-state index contributed by atoms with van der Waals surface area (Å²) in [6.45, 7) is -0.133. The fourth-order valence-electron chi connectivity index (χ4n) is 2.67. The quantitative estimate of drug-likeness (QED) is 0.602. The Morgan fingerprint density at radius 1 is 1.00 bits per heavy atom. The van der Waals surface area contributed by atoms with Gasteiger partial charge in [-0.15, -0.1) is 0 Å². The average Bonchev–Trinajstić information content (AvgIpc) is 2.63. The molecule has 0 spiro atoms. The van der Waals surface area contributed by atoms with Crippen LogP contribution in [-0.4, -0.2) is 53.3 Å². The van der Waals surface area contributed by atoms with E-state index in [2.05, 4.69) is 0 Å². The van der Waals surface area contributed by atoms with Crippen LogP contribution in [0.1, 0.15) is 5.56 Å². The maximum atomic E-state index is 12.7. The minimum absolute atomic E-state index is 0.220. The number of halogens is 2. The molecule has 2 rings (SSSR count). The Labute approximate surface area is 180 Å². The Balaban J connectivity index is 2.21. The molecule has 0 heterocycles. The van der Waals surface area contributed by atoms with E-state index in [1.54, 1.807) is 25.2 Å². The fraction of sp³-hybridized carbons (Fsp3) is 0.316. The van der Waals surface area contributed by atoms with Crippen molar-refractivity contribution in [2.75, 3.05) is 38.4 Å². The summed E-state index contributed by atoms with van der Waals surface area (Å²) in [5.74, 6) is 0.713. The van der Waals surface area contributed by atoms with Crippen molar-refractivity contribution in [3.63, 3.8) is 0 Å². The van der Waals surface area contributed by atoms with Crippen molar-refractivity contribution in [1.29, 1.82) is 0 Å². The molecule has 7 nitrogen and oxygen atoms in total. The van der Waals surface area contributed by atoms with E-state index < -0.39 is 15.9 Å². The van der Waals surface area contributed by atoms with Gasteiger partial charge >= 0.3 is 0 Å². The summed E-state index contributed by atoms with van der Waals surface area (Å²) in [6, 6.07) is 9.66. The summed E-state index contributed by atoms with van der Waals surface area (Å²) in [6.07, 6.45) is 1.02. The Morgan fingerprint density at radius 3 is 2.10 bits per heavy atom. The zero-order valence-corrected chi connectivity index (χ0v) is 18.8. The molecule has 0 unspecified atom stereocenters. The van der Waals surface area contributed by atoms with Gasteiger partial charge in [0.2, 0.25) is 15.9 Å². The first-order chi connectivity index (χ1) is 13.5. The van der Waals surface area contributed by atoms with Crippen LogP contribution in [0.15, 0.2) is 36.4 Å². The number of likely N-dealkylation sites (N-methyl/N-ethyl adjacent to an activating group) is 1. The Morgan fingerprint density at radius 2 is 1.59 bits per heavy atom. The second-order valence-electron chi connectivity index (χ2n) is 6.34. The molecule has 0 fully saturated rings. The number of ether oxygens (including phenoxy) is 2. The zero-order chi connectivity index (χ0) is 21.8. The molecule has 0 radical (unpaired) electrons. The van der Waals surface area contributed by atoms with Gasteiger partial charge in [-0.1, -0.05) is 29.3 Å². The maximum absolute atomic E-state index is 12.7. The van der Waals surface area contributed by atoms with Crippen LogP contribution in [0.4, 0.5) is 5.69 Å². The number of methoxy groups -OCH3 is 2. The summed E-state index contributed by atoms with van der Waals surface area (Å²) in [4.78, 5) is 14.1. The summed E-state index contributed by atoms with van der Waals surface area (Å²) >= 11 is 12.0. The number of sulfonamides is 1. The second kappa shape index (κ2) is 9.56. The van der Waals surface area contributed by atoms with E-state index in [-0.39, 0.29) is 28.8 Å². The molecular weight excluding hydrogens is 439 g/mol. The third kappa shape index (κ3) is 6.16. The van der Waals surface area contributed by atoms with E-state index in [0.717, 1.165) is 16.1 Å². The standard InChI is InChI=1S/C19H22Cl2N2O5S/c1-22(11-13-5-6-17(27-2)18(7-13)28-3)19(24)12-23(29(4,25)26)16-9-14(20)8-15(21)10-16/h5-10H,11-12H2,1-4H3. The van der Waals surface area contributed by atoms with Gasteiger partial charge in [-0.25, -0.2) is 8.42 Å². The number of rotatable bonds is 8. The monoisotopic (exact) mass is 460 g/mol. The Bertz CT molecular complexity index is 978. The highest BCUT2D eigenvalue weighted by atomic mass is 35.5. The van der Waals surface area contributed by atoms with E-state index in [4.69, 9.17) is 32.7 Å². The molecule has 0 saturated heterocycles.